The molecule has 0 aliphatic heterocycles. The minimum Gasteiger partial charge on any atom is -0.443 e. The van der Waals surface area contributed by atoms with Crippen molar-refractivity contribution >= 4 is 18.0 Å². The van der Waals surface area contributed by atoms with Crippen LogP contribution in [0.3, 0.4) is 0 Å². The number of carbonyl (C=O) groups excluding carboxylic acids is 3. The number of amides is 2. The van der Waals surface area contributed by atoms with Crippen LogP contribution in [-0.2, 0) is 14.3 Å². The monoisotopic (exact) mass is 403 g/mol. The smallest absolute Gasteiger partial charge is 0.420 e. The first kappa shape index (κ1) is 22.9. The quantitative estimate of drug-likeness (QED) is 0.614. The molecule has 0 aromatic heterocycles. The van der Waals surface area contributed by atoms with E-state index in [1.165, 1.54) is 5.56 Å². The minimum absolute atomic E-state index is 0.139. The lowest BCUT2D eigenvalue weighted by Crippen LogP contribution is -2.51. The summed E-state index contributed by atoms with van der Waals surface area (Å²) in [5.41, 5.74) is -0.419. The minimum atomic E-state index is -0.881. The molecule has 29 heavy (non-hydrogen) atoms. The topological polar surface area (TPSA) is 72.9 Å². The number of rotatable bonds is 2. The van der Waals surface area contributed by atoms with Crippen molar-refractivity contribution in [3.63, 3.8) is 0 Å². The van der Waals surface area contributed by atoms with Crippen molar-refractivity contribution in [3.05, 3.63) is 35.9 Å². The summed E-state index contributed by atoms with van der Waals surface area (Å²) in [6.45, 7) is 10.3. The Morgan fingerprint density at radius 3 is 1.86 bits per heavy atom. The van der Waals surface area contributed by atoms with E-state index in [0.29, 0.717) is 25.7 Å². The summed E-state index contributed by atoms with van der Waals surface area (Å²) in [5, 5.41) is 0. The highest BCUT2D eigenvalue weighted by Gasteiger charge is 2.41. The average Bonchev–Trinajstić information content (AvgIpc) is 2.75. The summed E-state index contributed by atoms with van der Waals surface area (Å²) in [6, 6.07) is 9.14. The summed E-state index contributed by atoms with van der Waals surface area (Å²) in [7, 11) is 0. The van der Waals surface area contributed by atoms with Crippen LogP contribution in [0.1, 0.15) is 78.7 Å². The van der Waals surface area contributed by atoms with Gasteiger partial charge in [-0.05, 0) is 72.3 Å². The Morgan fingerprint density at radius 2 is 1.38 bits per heavy atom. The van der Waals surface area contributed by atoms with Crippen molar-refractivity contribution < 1.29 is 23.9 Å². The normalized spacial score (nSPS) is 20.6. The molecular formula is C23H33NO5. The Balaban J connectivity index is 2.27. The molecule has 1 saturated carbocycles. The molecule has 0 saturated heterocycles. The molecule has 160 valence electrons. The molecule has 1 aliphatic carbocycles. The van der Waals surface area contributed by atoms with Crippen LogP contribution in [0.2, 0.25) is 0 Å². The van der Waals surface area contributed by atoms with E-state index in [4.69, 9.17) is 9.47 Å². The molecule has 6 heteroatoms. The Kier molecular flexibility index (Phi) is 7.09. The highest BCUT2D eigenvalue weighted by atomic mass is 16.6. The van der Waals surface area contributed by atoms with Crippen molar-refractivity contribution in [3.8, 4) is 0 Å². The molecule has 1 aromatic rings. The predicted octanol–water partition coefficient (Wildman–Crippen LogP) is 5.45. The molecule has 0 bridgehead atoms. The van der Waals surface area contributed by atoms with E-state index in [-0.39, 0.29) is 11.7 Å². The van der Waals surface area contributed by atoms with Crippen molar-refractivity contribution in [2.24, 2.45) is 0 Å². The standard InChI is InChI=1S/C23H33NO5/c1-22(2,3)28-20(26)24(21(27)29-23(4,5)6)18-14-12-17(13-15-19(18)25)16-10-8-7-9-11-16/h7-11,17-18H,12-15H2,1-6H3/t17-,18-/m1/s1. The van der Waals surface area contributed by atoms with E-state index in [2.05, 4.69) is 12.1 Å². The second-order valence-corrected chi connectivity index (χ2v) is 9.54. The number of hydrogen-bond donors (Lipinski definition) is 0. The zero-order chi connectivity index (χ0) is 21.8. The summed E-state index contributed by atoms with van der Waals surface area (Å²) >= 11 is 0. The van der Waals surface area contributed by atoms with Gasteiger partial charge in [0.25, 0.3) is 0 Å². The van der Waals surface area contributed by atoms with E-state index in [1.54, 1.807) is 41.5 Å². The van der Waals surface area contributed by atoms with Crippen molar-refractivity contribution in [1.82, 2.24) is 4.90 Å². The van der Waals surface area contributed by atoms with Crippen LogP contribution in [-0.4, -0.2) is 40.1 Å². The molecule has 0 N–H and O–H groups in total. The van der Waals surface area contributed by atoms with Gasteiger partial charge in [0, 0.05) is 6.42 Å². The van der Waals surface area contributed by atoms with Crippen molar-refractivity contribution in [2.75, 3.05) is 0 Å². The zero-order valence-electron chi connectivity index (χ0n) is 18.4. The molecule has 2 amide bonds. The summed E-state index contributed by atoms with van der Waals surface area (Å²) in [4.78, 5) is 39.5. The third kappa shape index (κ3) is 6.87. The van der Waals surface area contributed by atoms with E-state index >= 15 is 0 Å². The van der Waals surface area contributed by atoms with Gasteiger partial charge >= 0.3 is 12.2 Å². The lowest BCUT2D eigenvalue weighted by Gasteiger charge is -2.32. The number of benzene rings is 1. The van der Waals surface area contributed by atoms with Crippen LogP contribution < -0.4 is 0 Å². The molecule has 0 heterocycles. The zero-order valence-corrected chi connectivity index (χ0v) is 18.4. The van der Waals surface area contributed by atoms with Crippen molar-refractivity contribution in [1.29, 1.82) is 0 Å². The molecule has 2 rings (SSSR count). The van der Waals surface area contributed by atoms with Gasteiger partial charge in [0.1, 0.15) is 17.2 Å². The van der Waals surface area contributed by atoms with Gasteiger partial charge in [-0.25, -0.2) is 14.5 Å². The van der Waals surface area contributed by atoms with Gasteiger partial charge in [-0.3, -0.25) is 4.79 Å². The van der Waals surface area contributed by atoms with Gasteiger partial charge in [0.05, 0.1) is 0 Å². The van der Waals surface area contributed by atoms with Gasteiger partial charge in [0.2, 0.25) is 0 Å². The summed E-state index contributed by atoms with van der Waals surface area (Å²) in [6.07, 6.45) is 0.383. The molecule has 1 fully saturated rings. The molecule has 6 nitrogen and oxygen atoms in total. The number of Topliss-reactive ketones (excluding diaryl/α,β-unsaturated/α-hetero) is 1. The van der Waals surface area contributed by atoms with Gasteiger partial charge in [-0.1, -0.05) is 30.3 Å². The third-order valence-corrected chi connectivity index (χ3v) is 4.66. The molecule has 0 radical (unpaired) electrons. The van der Waals surface area contributed by atoms with Crippen LogP contribution >= 0.6 is 0 Å². The fraction of sp³-hybridized carbons (Fsp3) is 0.609. The summed E-state index contributed by atoms with van der Waals surface area (Å²) in [5.74, 6) is 0.0735. The fourth-order valence-corrected chi connectivity index (χ4v) is 3.43. The highest BCUT2D eigenvalue weighted by Crippen LogP contribution is 2.33. The summed E-state index contributed by atoms with van der Waals surface area (Å²) < 4.78 is 10.8. The van der Waals surface area contributed by atoms with E-state index in [1.807, 2.05) is 18.2 Å². The molecule has 1 aromatic carbocycles. The first-order valence-corrected chi connectivity index (χ1v) is 10.2. The van der Waals surface area contributed by atoms with Crippen LogP contribution in [0, 0.1) is 0 Å². The van der Waals surface area contributed by atoms with Crippen LogP contribution in [0.5, 0.6) is 0 Å². The largest absolute Gasteiger partial charge is 0.443 e. The maximum atomic E-state index is 12.9. The first-order valence-electron chi connectivity index (χ1n) is 10.2. The van der Waals surface area contributed by atoms with Crippen LogP contribution in [0.4, 0.5) is 9.59 Å². The number of nitrogens with zero attached hydrogens (tertiary/aromatic N) is 1. The Morgan fingerprint density at radius 1 is 0.862 bits per heavy atom. The van der Waals surface area contributed by atoms with E-state index < -0.39 is 29.4 Å². The first-order chi connectivity index (χ1) is 13.4. The van der Waals surface area contributed by atoms with Crippen molar-refractivity contribution in [2.45, 2.75) is 90.4 Å². The Labute approximate surface area is 173 Å². The Bertz CT molecular complexity index is 702. The number of imide groups is 1. The molecule has 2 atom stereocenters. The predicted molar refractivity (Wildman–Crippen MR) is 111 cm³/mol. The molecule has 1 aliphatic rings. The second kappa shape index (κ2) is 8.97. The van der Waals surface area contributed by atoms with Gasteiger partial charge in [0.15, 0.2) is 5.78 Å². The lowest BCUT2D eigenvalue weighted by atomic mass is 9.92. The number of ether oxygens (including phenoxy) is 2. The number of carbonyl (C=O) groups is 3. The highest BCUT2D eigenvalue weighted by molar-refractivity contribution is 5.96. The van der Waals surface area contributed by atoms with Crippen LogP contribution in [0.25, 0.3) is 0 Å². The van der Waals surface area contributed by atoms with E-state index in [0.717, 1.165) is 4.90 Å². The maximum absolute atomic E-state index is 12.9. The van der Waals surface area contributed by atoms with Gasteiger partial charge in [-0.15, -0.1) is 0 Å². The van der Waals surface area contributed by atoms with Crippen LogP contribution in [0.15, 0.2) is 30.3 Å². The molecule has 0 unspecified atom stereocenters. The number of ketones is 1. The van der Waals surface area contributed by atoms with Gasteiger partial charge in [-0.2, -0.15) is 0 Å². The third-order valence-electron chi connectivity index (χ3n) is 4.66. The second-order valence-electron chi connectivity index (χ2n) is 9.54. The molecular weight excluding hydrogens is 370 g/mol. The lowest BCUT2D eigenvalue weighted by molar-refractivity contribution is -0.124. The SMILES string of the molecule is CC(C)(C)OC(=O)N(C(=O)OC(C)(C)C)[C@@H]1CC[C@@H](c2ccccc2)CCC1=O. The van der Waals surface area contributed by atoms with Gasteiger partial charge < -0.3 is 9.47 Å². The molecule has 0 spiro atoms. The maximum Gasteiger partial charge on any atom is 0.420 e. The number of hydrogen-bond acceptors (Lipinski definition) is 5. The van der Waals surface area contributed by atoms with E-state index in [9.17, 15) is 14.4 Å². The fourth-order valence-electron chi connectivity index (χ4n) is 3.43. The Hall–Kier alpha value is -2.37. The average molecular weight is 404 g/mol.